The predicted molar refractivity (Wildman–Crippen MR) is 134 cm³/mol. The fourth-order valence-corrected chi connectivity index (χ4v) is 5.64. The lowest BCUT2D eigenvalue weighted by Gasteiger charge is -2.31. The highest BCUT2D eigenvalue weighted by Crippen LogP contribution is 2.39. The van der Waals surface area contributed by atoms with Crippen LogP contribution in [0, 0.1) is 6.92 Å². The quantitative estimate of drug-likeness (QED) is 0.518. The number of nitrogens with zero attached hydrogens (tertiary/aromatic N) is 2. The van der Waals surface area contributed by atoms with Gasteiger partial charge in [-0.1, -0.05) is 22.0 Å². The molecule has 1 unspecified atom stereocenters. The second-order valence-corrected chi connectivity index (χ2v) is 9.97. The van der Waals surface area contributed by atoms with Crippen molar-refractivity contribution in [3.05, 3.63) is 50.8 Å². The van der Waals surface area contributed by atoms with Gasteiger partial charge in [-0.15, -0.1) is 0 Å². The van der Waals surface area contributed by atoms with Crippen molar-refractivity contribution in [1.29, 1.82) is 0 Å². The van der Waals surface area contributed by atoms with Crippen molar-refractivity contribution in [3.63, 3.8) is 0 Å². The Hall–Kier alpha value is -2.46. The molecule has 2 amide bonds. The zero-order valence-electron chi connectivity index (χ0n) is 19.2. The molecule has 9 heteroatoms. The van der Waals surface area contributed by atoms with Crippen molar-refractivity contribution in [2.24, 2.45) is 0 Å². The minimum absolute atomic E-state index is 0.0654. The summed E-state index contributed by atoms with van der Waals surface area (Å²) in [5, 5.41) is 13.6. The van der Waals surface area contributed by atoms with Crippen LogP contribution in [0.15, 0.2) is 22.7 Å². The number of rotatable bonds is 5. The molecule has 3 aliphatic rings. The molecule has 3 aliphatic heterocycles. The van der Waals surface area contributed by atoms with E-state index in [0.717, 1.165) is 58.6 Å². The van der Waals surface area contributed by atoms with Crippen LogP contribution in [0.25, 0.3) is 11.6 Å². The number of aryl methyl sites for hydroxylation is 1. The molecule has 3 N–H and O–H groups in total. The number of carbonyl (C=O) groups excluding carboxylic acids is 2. The number of benzene rings is 1. The number of aliphatic hydroxyl groups is 1. The summed E-state index contributed by atoms with van der Waals surface area (Å²) in [6, 6.07) is 5.67. The number of nitrogens with one attached hydrogen (secondary N) is 2. The first-order chi connectivity index (χ1) is 16.4. The van der Waals surface area contributed by atoms with Gasteiger partial charge in [0.2, 0.25) is 0 Å². The van der Waals surface area contributed by atoms with Crippen LogP contribution in [0.3, 0.4) is 0 Å². The minimum Gasteiger partial charge on any atom is -0.390 e. The first-order valence-corrected chi connectivity index (χ1v) is 12.5. The lowest BCUT2D eigenvalue weighted by Crippen LogP contribution is -2.46. The van der Waals surface area contributed by atoms with Gasteiger partial charge in [-0.05, 0) is 43.5 Å². The molecule has 2 aromatic rings. The van der Waals surface area contributed by atoms with Gasteiger partial charge in [-0.2, -0.15) is 0 Å². The van der Waals surface area contributed by atoms with Crippen LogP contribution in [-0.2, 0) is 16.0 Å². The van der Waals surface area contributed by atoms with E-state index in [9.17, 15) is 14.7 Å². The zero-order valence-corrected chi connectivity index (χ0v) is 20.8. The lowest BCUT2D eigenvalue weighted by molar-refractivity contribution is -0.110. The molecule has 34 heavy (non-hydrogen) atoms. The summed E-state index contributed by atoms with van der Waals surface area (Å²) in [7, 11) is 0. The summed E-state index contributed by atoms with van der Waals surface area (Å²) in [5.41, 5.74) is 5.31. The first kappa shape index (κ1) is 23.3. The van der Waals surface area contributed by atoms with Gasteiger partial charge < -0.3 is 25.0 Å². The van der Waals surface area contributed by atoms with Crippen LogP contribution in [-0.4, -0.2) is 83.7 Å². The van der Waals surface area contributed by atoms with Gasteiger partial charge >= 0.3 is 0 Å². The van der Waals surface area contributed by atoms with E-state index < -0.39 is 6.10 Å². The van der Waals surface area contributed by atoms with Crippen LogP contribution in [0.2, 0.25) is 0 Å². The van der Waals surface area contributed by atoms with E-state index in [1.54, 1.807) is 4.90 Å². The normalized spacial score (nSPS) is 20.8. The summed E-state index contributed by atoms with van der Waals surface area (Å²) in [6.45, 7) is 6.33. The van der Waals surface area contributed by atoms with Gasteiger partial charge in [0, 0.05) is 54.1 Å². The number of fused-ring (bicyclic) bond motifs is 2. The predicted octanol–water partition coefficient (Wildman–Crippen LogP) is 2.66. The standard InChI is InChI=1S/C25H29BrN4O4/c1-15-21(12-17-23-18(26)4-2-5-20(23)28-24(17)32)27-19-6-3-7-30(25(33)22(15)19)14-16(31)13-29-8-10-34-11-9-29/h2,4-5,12,16,27,31H,3,6-11,13-14H2,1H3,(H,28,32)/b17-12-. The van der Waals surface area contributed by atoms with E-state index in [1.807, 2.05) is 31.2 Å². The van der Waals surface area contributed by atoms with Gasteiger partial charge in [0.05, 0.1) is 36.1 Å². The summed E-state index contributed by atoms with van der Waals surface area (Å²) in [4.78, 5) is 33.5. The van der Waals surface area contributed by atoms with Gasteiger partial charge in [0.1, 0.15) is 0 Å². The molecule has 1 aromatic heterocycles. The van der Waals surface area contributed by atoms with E-state index in [2.05, 4.69) is 31.1 Å². The fraction of sp³-hybridized carbons (Fsp3) is 0.440. The molecule has 1 aromatic carbocycles. The third kappa shape index (κ3) is 4.45. The average Bonchev–Trinajstić information content (AvgIpc) is 3.24. The van der Waals surface area contributed by atoms with E-state index in [0.29, 0.717) is 44.0 Å². The third-order valence-corrected chi connectivity index (χ3v) is 7.45. The Morgan fingerprint density at radius 1 is 1.18 bits per heavy atom. The summed E-state index contributed by atoms with van der Waals surface area (Å²) in [5.74, 6) is -0.227. The molecule has 1 saturated heterocycles. The number of ether oxygens (including phenoxy) is 1. The molecule has 0 aliphatic carbocycles. The van der Waals surface area contributed by atoms with E-state index in [-0.39, 0.29) is 11.8 Å². The Morgan fingerprint density at radius 2 is 1.97 bits per heavy atom. The van der Waals surface area contributed by atoms with Crippen molar-refractivity contribution in [3.8, 4) is 0 Å². The second kappa shape index (κ2) is 9.65. The molecule has 1 fully saturated rings. The number of aromatic amines is 1. The summed E-state index contributed by atoms with van der Waals surface area (Å²) in [6.07, 6.45) is 2.78. The molecule has 8 nitrogen and oxygen atoms in total. The number of amides is 2. The Balaban J connectivity index is 1.38. The summed E-state index contributed by atoms with van der Waals surface area (Å²) < 4.78 is 6.22. The molecule has 0 saturated carbocycles. The van der Waals surface area contributed by atoms with Crippen molar-refractivity contribution >= 4 is 45.1 Å². The van der Waals surface area contributed by atoms with Crippen molar-refractivity contribution in [1.82, 2.24) is 14.8 Å². The maximum absolute atomic E-state index is 13.5. The number of aromatic nitrogens is 1. The number of anilines is 1. The largest absolute Gasteiger partial charge is 0.390 e. The van der Waals surface area contributed by atoms with Gasteiger partial charge in [-0.25, -0.2) is 0 Å². The Kier molecular flexibility index (Phi) is 6.61. The van der Waals surface area contributed by atoms with Crippen molar-refractivity contribution < 1.29 is 19.4 Å². The number of carbonyl (C=O) groups is 2. The van der Waals surface area contributed by atoms with Gasteiger partial charge in [-0.3, -0.25) is 14.5 Å². The highest BCUT2D eigenvalue weighted by atomic mass is 79.9. The van der Waals surface area contributed by atoms with Gasteiger partial charge in [0.25, 0.3) is 11.8 Å². The first-order valence-electron chi connectivity index (χ1n) is 11.7. The summed E-state index contributed by atoms with van der Waals surface area (Å²) >= 11 is 3.55. The molecule has 0 bridgehead atoms. The highest BCUT2D eigenvalue weighted by molar-refractivity contribution is 9.10. The number of morpholine rings is 1. The number of hydrogen-bond acceptors (Lipinski definition) is 5. The fourth-order valence-electron chi connectivity index (χ4n) is 5.06. The number of H-pyrrole nitrogens is 1. The van der Waals surface area contributed by atoms with Gasteiger partial charge in [0.15, 0.2) is 0 Å². The average molecular weight is 529 g/mol. The Labute approximate surface area is 207 Å². The molecule has 180 valence electrons. The molecule has 0 spiro atoms. The van der Waals surface area contributed by atoms with Crippen LogP contribution < -0.4 is 5.32 Å². The molecular weight excluding hydrogens is 500 g/mol. The van der Waals surface area contributed by atoms with Crippen LogP contribution in [0.5, 0.6) is 0 Å². The third-order valence-electron chi connectivity index (χ3n) is 6.79. The number of aliphatic hydroxyl groups excluding tert-OH is 1. The highest BCUT2D eigenvalue weighted by Gasteiger charge is 2.31. The second-order valence-electron chi connectivity index (χ2n) is 9.11. The van der Waals surface area contributed by atoms with E-state index in [1.165, 1.54) is 0 Å². The van der Waals surface area contributed by atoms with Crippen LogP contribution in [0.1, 0.15) is 39.3 Å². The zero-order chi connectivity index (χ0) is 23.8. The van der Waals surface area contributed by atoms with Crippen molar-refractivity contribution in [2.45, 2.75) is 25.9 Å². The monoisotopic (exact) mass is 528 g/mol. The van der Waals surface area contributed by atoms with Crippen LogP contribution in [0.4, 0.5) is 5.69 Å². The lowest BCUT2D eigenvalue weighted by atomic mass is 10.0. The minimum atomic E-state index is -0.611. The number of β-amino-alcohol motifs (C(OH)–C–C–N with tert-alkyl or cyclic N) is 1. The maximum atomic E-state index is 13.5. The SMILES string of the molecule is Cc1c(/C=C2\C(=O)Nc3cccc(Br)c32)[nH]c2c1C(=O)N(CC(O)CN1CCOCC1)CCC2. The van der Waals surface area contributed by atoms with E-state index in [4.69, 9.17) is 4.74 Å². The van der Waals surface area contributed by atoms with Crippen LogP contribution >= 0.6 is 15.9 Å². The number of hydrogen-bond donors (Lipinski definition) is 3. The molecule has 4 heterocycles. The Bertz CT molecular complexity index is 1150. The van der Waals surface area contributed by atoms with E-state index >= 15 is 0 Å². The Morgan fingerprint density at radius 3 is 2.76 bits per heavy atom. The van der Waals surface area contributed by atoms with Crippen molar-refractivity contribution in [2.75, 3.05) is 51.3 Å². The smallest absolute Gasteiger partial charge is 0.256 e. The maximum Gasteiger partial charge on any atom is 0.256 e. The number of halogens is 1. The molecule has 5 rings (SSSR count). The topological polar surface area (TPSA) is 97.9 Å². The molecular formula is C25H29BrN4O4. The molecule has 0 radical (unpaired) electrons. The molecule has 1 atom stereocenters.